The van der Waals surface area contributed by atoms with Crippen molar-refractivity contribution in [3.05, 3.63) is 35.5 Å². The van der Waals surface area contributed by atoms with Crippen molar-refractivity contribution >= 4 is 28.5 Å². The van der Waals surface area contributed by atoms with Gasteiger partial charge in [0.05, 0.1) is 22.9 Å². The quantitative estimate of drug-likeness (QED) is 0.545. The van der Waals surface area contributed by atoms with Crippen LogP contribution in [0.25, 0.3) is 22.4 Å². The van der Waals surface area contributed by atoms with Crippen molar-refractivity contribution in [3.8, 4) is 11.4 Å². The fourth-order valence-electron chi connectivity index (χ4n) is 3.48. The molecule has 2 atom stereocenters. The van der Waals surface area contributed by atoms with Crippen LogP contribution in [0.1, 0.15) is 25.7 Å². The molecule has 3 aromatic rings. The molecule has 4 rings (SSSR count). The summed E-state index contributed by atoms with van der Waals surface area (Å²) in [5.41, 5.74) is 6.83. The number of nitrogens with zero attached hydrogens (tertiary/aromatic N) is 3. The third-order valence-electron chi connectivity index (χ3n) is 5.10. The molecule has 0 spiro atoms. The van der Waals surface area contributed by atoms with E-state index < -0.39 is 17.5 Å². The van der Waals surface area contributed by atoms with Crippen LogP contribution in [0.15, 0.2) is 24.7 Å². The molecule has 9 heteroatoms. The van der Waals surface area contributed by atoms with E-state index in [0.29, 0.717) is 34.9 Å². The van der Waals surface area contributed by atoms with Gasteiger partial charge in [0, 0.05) is 29.9 Å². The Labute approximate surface area is 160 Å². The Morgan fingerprint density at radius 2 is 2.22 bits per heavy atom. The fraction of sp³-hybridized carbons (Fsp3) is 0.389. The number of nitrogens with one attached hydrogen (secondary N) is 2. The number of anilines is 1. The van der Waals surface area contributed by atoms with Gasteiger partial charge >= 0.3 is 0 Å². The van der Waals surface area contributed by atoms with Gasteiger partial charge in [-0.3, -0.25) is 0 Å². The van der Waals surface area contributed by atoms with E-state index in [1.807, 2.05) is 0 Å². The number of aliphatic hydroxyl groups excluding tert-OH is 1. The molecule has 1 saturated carbocycles. The zero-order valence-corrected chi connectivity index (χ0v) is 15.3. The normalized spacial score (nSPS) is 22.9. The summed E-state index contributed by atoms with van der Waals surface area (Å²) in [6.45, 7) is 0.225. The van der Waals surface area contributed by atoms with Crippen LogP contribution in [-0.2, 0) is 0 Å². The highest BCUT2D eigenvalue weighted by molar-refractivity contribution is 6.31. The Hall–Kier alpha value is -2.29. The van der Waals surface area contributed by atoms with E-state index in [2.05, 4.69) is 25.3 Å². The molecule has 0 saturated heterocycles. The Morgan fingerprint density at radius 3 is 3.04 bits per heavy atom. The largest absolute Gasteiger partial charge is 0.391 e. The number of aliphatic hydroxyl groups is 1. The number of fused-ring (bicyclic) bond motifs is 1. The highest BCUT2D eigenvalue weighted by Gasteiger charge is 2.36. The molecule has 7 nitrogen and oxygen atoms in total. The lowest BCUT2D eigenvalue weighted by Crippen LogP contribution is -2.57. The molecule has 0 amide bonds. The van der Waals surface area contributed by atoms with Crippen molar-refractivity contribution in [1.29, 1.82) is 0 Å². The van der Waals surface area contributed by atoms with Crippen LogP contribution >= 0.6 is 11.6 Å². The molecule has 0 bridgehead atoms. The molecule has 0 aliphatic heterocycles. The molecule has 142 valence electrons. The van der Waals surface area contributed by atoms with Crippen LogP contribution in [0, 0.1) is 5.82 Å². The molecule has 1 aliphatic rings. The lowest BCUT2D eigenvalue weighted by molar-refractivity contribution is 0.0538. The van der Waals surface area contributed by atoms with Crippen LogP contribution in [0.4, 0.5) is 10.2 Å². The van der Waals surface area contributed by atoms with Gasteiger partial charge in [-0.2, -0.15) is 0 Å². The predicted octanol–water partition coefficient (Wildman–Crippen LogP) is 2.86. The van der Waals surface area contributed by atoms with Gasteiger partial charge in [0.1, 0.15) is 5.65 Å². The summed E-state index contributed by atoms with van der Waals surface area (Å²) >= 11 is 6.03. The molecule has 1 fully saturated rings. The van der Waals surface area contributed by atoms with Crippen molar-refractivity contribution in [2.45, 2.75) is 37.3 Å². The van der Waals surface area contributed by atoms with E-state index in [-0.39, 0.29) is 12.4 Å². The van der Waals surface area contributed by atoms with E-state index >= 15 is 0 Å². The van der Waals surface area contributed by atoms with Crippen molar-refractivity contribution in [2.24, 2.45) is 5.73 Å². The van der Waals surface area contributed by atoms with Gasteiger partial charge in [-0.25, -0.2) is 19.3 Å². The molecule has 3 aromatic heterocycles. The van der Waals surface area contributed by atoms with Crippen molar-refractivity contribution < 1.29 is 9.50 Å². The molecule has 0 radical (unpaired) electrons. The molecule has 1 aliphatic carbocycles. The Kier molecular flexibility index (Phi) is 4.71. The van der Waals surface area contributed by atoms with Gasteiger partial charge in [-0.1, -0.05) is 24.4 Å². The summed E-state index contributed by atoms with van der Waals surface area (Å²) in [6, 6.07) is 1.75. The first-order valence-electron chi connectivity index (χ1n) is 8.83. The lowest BCUT2D eigenvalue weighted by Gasteiger charge is -2.38. The molecule has 0 aromatic carbocycles. The minimum Gasteiger partial charge on any atom is -0.391 e. The van der Waals surface area contributed by atoms with E-state index in [4.69, 9.17) is 17.3 Å². The van der Waals surface area contributed by atoms with E-state index in [1.54, 1.807) is 18.5 Å². The first kappa shape index (κ1) is 18.1. The van der Waals surface area contributed by atoms with Gasteiger partial charge in [0.25, 0.3) is 0 Å². The standard InChI is InChI=1S/C18H20ClFN6O/c19-10-5-11-12(7-23-15(11)22-6-10)16-24-8-13(20)17(26-16)25-9-18(21)4-2-1-3-14(18)27/h5-8,14,27H,1-4,9,21H2,(H,22,23)(H,24,25,26)/t14-,18-/m0/s1. The number of aromatic amines is 1. The molecule has 3 heterocycles. The third kappa shape index (κ3) is 3.47. The van der Waals surface area contributed by atoms with E-state index in [1.165, 1.54) is 0 Å². The minimum atomic E-state index is -0.798. The molecule has 27 heavy (non-hydrogen) atoms. The Balaban J connectivity index is 1.62. The molecular weight excluding hydrogens is 371 g/mol. The summed E-state index contributed by atoms with van der Waals surface area (Å²) in [4.78, 5) is 15.6. The minimum absolute atomic E-state index is 0.0481. The highest BCUT2D eigenvalue weighted by Crippen LogP contribution is 2.29. The first-order chi connectivity index (χ1) is 13.0. The lowest BCUT2D eigenvalue weighted by atomic mass is 9.80. The number of nitrogens with two attached hydrogens (primary N) is 1. The number of pyridine rings is 1. The second-order valence-corrected chi connectivity index (χ2v) is 7.43. The SMILES string of the molecule is N[C@]1(CNc2nc(-c3c[nH]c4ncc(Cl)cc34)ncc2F)CCCC[C@@H]1O. The Bertz CT molecular complexity index is 980. The molecule has 5 N–H and O–H groups in total. The summed E-state index contributed by atoms with van der Waals surface area (Å²) in [5.74, 6) is -0.194. The second-order valence-electron chi connectivity index (χ2n) is 6.99. The number of hydrogen-bond acceptors (Lipinski definition) is 6. The summed E-state index contributed by atoms with van der Waals surface area (Å²) in [7, 11) is 0. The number of halogens is 2. The maximum absolute atomic E-state index is 14.2. The monoisotopic (exact) mass is 390 g/mol. The summed E-state index contributed by atoms with van der Waals surface area (Å²) in [5, 5.41) is 14.4. The van der Waals surface area contributed by atoms with Gasteiger partial charge in [0.2, 0.25) is 0 Å². The number of H-pyrrole nitrogens is 1. The Morgan fingerprint density at radius 1 is 1.37 bits per heavy atom. The summed E-state index contributed by atoms with van der Waals surface area (Å²) < 4.78 is 14.2. The van der Waals surface area contributed by atoms with Crippen LogP contribution in [0.2, 0.25) is 5.02 Å². The van der Waals surface area contributed by atoms with Gasteiger partial charge in [-0.15, -0.1) is 0 Å². The molecular formula is C18H20ClFN6O. The number of rotatable bonds is 4. The average Bonchev–Trinajstić information content (AvgIpc) is 3.07. The van der Waals surface area contributed by atoms with Crippen molar-refractivity contribution in [2.75, 3.05) is 11.9 Å². The van der Waals surface area contributed by atoms with E-state index in [0.717, 1.165) is 24.4 Å². The third-order valence-corrected chi connectivity index (χ3v) is 5.31. The highest BCUT2D eigenvalue weighted by atomic mass is 35.5. The average molecular weight is 391 g/mol. The smallest absolute Gasteiger partial charge is 0.183 e. The fourth-order valence-corrected chi connectivity index (χ4v) is 3.64. The van der Waals surface area contributed by atoms with Gasteiger partial charge in [-0.05, 0) is 18.9 Å². The second kappa shape index (κ2) is 7.03. The zero-order chi connectivity index (χ0) is 19.0. The van der Waals surface area contributed by atoms with Gasteiger partial charge in [0.15, 0.2) is 17.5 Å². The number of aromatic nitrogens is 4. The van der Waals surface area contributed by atoms with Crippen LogP contribution < -0.4 is 11.1 Å². The van der Waals surface area contributed by atoms with Crippen molar-refractivity contribution in [1.82, 2.24) is 19.9 Å². The predicted molar refractivity (Wildman–Crippen MR) is 102 cm³/mol. The zero-order valence-electron chi connectivity index (χ0n) is 14.5. The number of hydrogen-bond donors (Lipinski definition) is 4. The van der Waals surface area contributed by atoms with Crippen molar-refractivity contribution in [3.63, 3.8) is 0 Å². The van der Waals surface area contributed by atoms with Crippen LogP contribution in [0.5, 0.6) is 0 Å². The molecule has 0 unspecified atom stereocenters. The maximum Gasteiger partial charge on any atom is 0.183 e. The summed E-state index contributed by atoms with van der Waals surface area (Å²) in [6.07, 6.45) is 6.96. The van der Waals surface area contributed by atoms with E-state index in [9.17, 15) is 9.50 Å². The van der Waals surface area contributed by atoms with Crippen LogP contribution in [0.3, 0.4) is 0 Å². The first-order valence-corrected chi connectivity index (χ1v) is 9.20. The van der Waals surface area contributed by atoms with Gasteiger partial charge < -0.3 is 21.1 Å². The topological polar surface area (TPSA) is 113 Å². The van der Waals surface area contributed by atoms with Crippen LogP contribution in [-0.4, -0.2) is 43.2 Å². The maximum atomic E-state index is 14.2.